The summed E-state index contributed by atoms with van der Waals surface area (Å²) in [4.78, 5) is 34.9. The fourth-order valence-corrected chi connectivity index (χ4v) is 5.28. The fourth-order valence-electron chi connectivity index (χ4n) is 3.59. The molecular formula is C26H20N4O3S2. The van der Waals surface area contributed by atoms with Crippen molar-refractivity contribution in [3.8, 4) is 11.6 Å². The first-order valence-electron chi connectivity index (χ1n) is 10.8. The van der Waals surface area contributed by atoms with Crippen LogP contribution in [0.2, 0.25) is 0 Å². The molecule has 0 unspecified atom stereocenters. The first kappa shape index (κ1) is 22.8. The quantitative estimate of drug-likeness (QED) is 0.244. The molecular weight excluding hydrogens is 480 g/mol. The molecule has 2 heterocycles. The van der Waals surface area contributed by atoms with Crippen LogP contribution in [-0.4, -0.2) is 31.3 Å². The Kier molecular flexibility index (Phi) is 6.60. The number of carbonyl (C=O) groups excluding carboxylic acids is 1. The smallest absolute Gasteiger partial charge is 0.266 e. The van der Waals surface area contributed by atoms with E-state index >= 15 is 0 Å². The monoisotopic (exact) mass is 500 g/mol. The van der Waals surface area contributed by atoms with Crippen molar-refractivity contribution in [3.05, 3.63) is 106 Å². The average Bonchev–Trinajstić information content (AvgIpc) is 3.28. The van der Waals surface area contributed by atoms with Crippen LogP contribution in [0, 0.1) is 0 Å². The van der Waals surface area contributed by atoms with Gasteiger partial charge in [-0.25, -0.2) is 4.98 Å². The molecule has 0 aliphatic rings. The molecule has 3 aromatic carbocycles. The molecule has 7 nitrogen and oxygen atoms in total. The first-order valence-corrected chi connectivity index (χ1v) is 12.6. The second-order valence-corrected chi connectivity index (χ2v) is 9.63. The Bertz CT molecular complexity index is 1520. The van der Waals surface area contributed by atoms with Crippen LogP contribution in [0.25, 0.3) is 15.9 Å². The lowest BCUT2D eigenvalue weighted by Gasteiger charge is -2.14. The fraction of sp³-hybridized carbons (Fsp3) is 0.0769. The minimum Gasteiger partial charge on any atom is -0.493 e. The number of fused-ring (bicyclic) bond motifs is 1. The zero-order valence-electron chi connectivity index (χ0n) is 18.4. The molecule has 0 radical (unpaired) electrons. The van der Waals surface area contributed by atoms with Crippen LogP contribution in [0.1, 0.15) is 11.1 Å². The summed E-state index contributed by atoms with van der Waals surface area (Å²) in [6, 6.07) is 26.1. The molecule has 5 aromatic rings. The Balaban J connectivity index is 1.42. The molecule has 1 amide bonds. The predicted molar refractivity (Wildman–Crippen MR) is 140 cm³/mol. The van der Waals surface area contributed by atoms with Gasteiger partial charge in [0.2, 0.25) is 11.8 Å². The summed E-state index contributed by atoms with van der Waals surface area (Å²) in [7, 11) is 0. The number of hydrogen-bond acceptors (Lipinski definition) is 7. The molecule has 0 spiro atoms. The van der Waals surface area contributed by atoms with Gasteiger partial charge in [0.05, 0.1) is 27.2 Å². The van der Waals surface area contributed by atoms with Crippen molar-refractivity contribution in [1.82, 2.24) is 14.5 Å². The van der Waals surface area contributed by atoms with Crippen LogP contribution in [0.4, 0.5) is 5.13 Å². The third-order valence-electron chi connectivity index (χ3n) is 5.23. The van der Waals surface area contributed by atoms with Gasteiger partial charge in [-0.15, -0.1) is 0 Å². The standard InChI is InChI=1S/C26H20N4O3S2/c31-22(28-25-27-20-13-7-8-14-21(20)35-25)16-34-26-29-23(32)19(15-17-9-3-1-4-10-17)24(33)30(26)18-11-5-2-6-12-18/h1-14,32H,15-16H2,(H,27,28,31). The maximum atomic E-state index is 13.5. The molecule has 0 atom stereocenters. The summed E-state index contributed by atoms with van der Waals surface area (Å²) in [6.45, 7) is 0. The molecule has 0 saturated carbocycles. The number of benzene rings is 3. The highest BCUT2D eigenvalue weighted by molar-refractivity contribution is 7.99. The van der Waals surface area contributed by atoms with E-state index in [2.05, 4.69) is 15.3 Å². The normalized spacial score (nSPS) is 11.0. The van der Waals surface area contributed by atoms with Crippen LogP contribution in [0.5, 0.6) is 5.88 Å². The number of anilines is 1. The van der Waals surface area contributed by atoms with Gasteiger partial charge in [0.15, 0.2) is 10.3 Å². The van der Waals surface area contributed by atoms with Gasteiger partial charge in [-0.2, -0.15) is 4.98 Å². The zero-order chi connectivity index (χ0) is 24.2. The number of rotatable bonds is 7. The number of nitrogens with zero attached hydrogens (tertiary/aromatic N) is 3. The minimum atomic E-state index is -0.373. The maximum Gasteiger partial charge on any atom is 0.266 e. The molecule has 0 saturated heterocycles. The number of aromatic hydroxyl groups is 1. The molecule has 2 N–H and O–H groups in total. The van der Waals surface area contributed by atoms with Crippen LogP contribution in [0.15, 0.2) is 94.9 Å². The summed E-state index contributed by atoms with van der Waals surface area (Å²) in [5.41, 5.74) is 2.13. The SMILES string of the molecule is O=C(CSc1nc(O)c(Cc2ccccc2)c(=O)n1-c1ccccc1)Nc1nc2ccccc2s1. The highest BCUT2D eigenvalue weighted by Gasteiger charge is 2.19. The maximum absolute atomic E-state index is 13.5. The summed E-state index contributed by atoms with van der Waals surface area (Å²) in [5, 5.41) is 14.2. The molecule has 0 bridgehead atoms. The van der Waals surface area contributed by atoms with E-state index in [1.165, 1.54) is 15.9 Å². The number of aromatic nitrogens is 3. The Labute approximate surface area is 209 Å². The second-order valence-electron chi connectivity index (χ2n) is 7.66. The van der Waals surface area contributed by atoms with Crippen molar-refractivity contribution >= 4 is 44.4 Å². The number of thioether (sulfide) groups is 1. The Morgan fingerprint density at radius 1 is 0.943 bits per heavy atom. The number of para-hydroxylation sites is 2. The van der Waals surface area contributed by atoms with Crippen LogP contribution >= 0.6 is 23.1 Å². The minimum absolute atomic E-state index is 0.00727. The number of thiazole rings is 1. The van der Waals surface area contributed by atoms with Gasteiger partial charge in [-0.05, 0) is 29.8 Å². The van der Waals surface area contributed by atoms with Crippen molar-refractivity contribution in [2.45, 2.75) is 11.6 Å². The predicted octanol–water partition coefficient (Wildman–Crippen LogP) is 4.87. The molecule has 9 heteroatoms. The Morgan fingerprint density at radius 3 is 2.37 bits per heavy atom. The molecule has 0 aliphatic heterocycles. The lowest BCUT2D eigenvalue weighted by atomic mass is 10.1. The highest BCUT2D eigenvalue weighted by atomic mass is 32.2. The van der Waals surface area contributed by atoms with Crippen molar-refractivity contribution < 1.29 is 9.90 Å². The van der Waals surface area contributed by atoms with E-state index < -0.39 is 0 Å². The number of amides is 1. The first-order chi connectivity index (χ1) is 17.1. The van der Waals surface area contributed by atoms with Crippen molar-refractivity contribution in [2.75, 3.05) is 11.1 Å². The molecule has 35 heavy (non-hydrogen) atoms. The van der Waals surface area contributed by atoms with Crippen molar-refractivity contribution in [2.24, 2.45) is 0 Å². The van der Waals surface area contributed by atoms with Crippen LogP contribution < -0.4 is 10.9 Å². The lowest BCUT2D eigenvalue weighted by molar-refractivity contribution is -0.113. The summed E-state index contributed by atoms with van der Waals surface area (Å²) < 4.78 is 2.42. The van der Waals surface area contributed by atoms with E-state index in [-0.39, 0.29) is 40.2 Å². The van der Waals surface area contributed by atoms with E-state index in [0.717, 1.165) is 27.5 Å². The summed E-state index contributed by atoms with van der Waals surface area (Å²) >= 11 is 2.47. The van der Waals surface area contributed by atoms with E-state index in [1.54, 1.807) is 12.1 Å². The van der Waals surface area contributed by atoms with E-state index in [9.17, 15) is 14.7 Å². The molecule has 0 aliphatic carbocycles. The Hall–Kier alpha value is -3.95. The van der Waals surface area contributed by atoms with Crippen molar-refractivity contribution in [3.63, 3.8) is 0 Å². The third-order valence-corrected chi connectivity index (χ3v) is 7.13. The van der Waals surface area contributed by atoms with E-state index in [4.69, 9.17) is 0 Å². The van der Waals surface area contributed by atoms with Gasteiger partial charge < -0.3 is 10.4 Å². The van der Waals surface area contributed by atoms with E-state index in [0.29, 0.717) is 10.8 Å². The second kappa shape index (κ2) is 10.1. The average molecular weight is 501 g/mol. The van der Waals surface area contributed by atoms with Gasteiger partial charge in [-0.1, -0.05) is 83.8 Å². The number of hydrogen-bond donors (Lipinski definition) is 2. The third kappa shape index (κ3) is 5.11. The molecule has 5 rings (SSSR count). The molecule has 174 valence electrons. The van der Waals surface area contributed by atoms with E-state index in [1.807, 2.05) is 72.8 Å². The Morgan fingerprint density at radius 2 is 1.63 bits per heavy atom. The lowest BCUT2D eigenvalue weighted by Crippen LogP contribution is -2.26. The number of carbonyl (C=O) groups is 1. The van der Waals surface area contributed by atoms with Gasteiger partial charge in [0.25, 0.3) is 5.56 Å². The zero-order valence-corrected chi connectivity index (χ0v) is 20.1. The highest BCUT2D eigenvalue weighted by Crippen LogP contribution is 2.27. The van der Waals surface area contributed by atoms with Crippen molar-refractivity contribution in [1.29, 1.82) is 0 Å². The summed E-state index contributed by atoms with van der Waals surface area (Å²) in [6.07, 6.45) is 0.244. The topological polar surface area (TPSA) is 97.1 Å². The van der Waals surface area contributed by atoms with Crippen LogP contribution in [-0.2, 0) is 11.2 Å². The number of nitrogens with one attached hydrogen (secondary N) is 1. The molecule has 2 aromatic heterocycles. The van der Waals surface area contributed by atoms with Crippen LogP contribution in [0.3, 0.4) is 0 Å². The largest absolute Gasteiger partial charge is 0.493 e. The molecule has 0 fully saturated rings. The van der Waals surface area contributed by atoms with Gasteiger partial charge >= 0.3 is 0 Å². The summed E-state index contributed by atoms with van der Waals surface area (Å²) in [5.74, 6) is -0.622. The van der Waals surface area contributed by atoms with Gasteiger partial charge in [0.1, 0.15) is 0 Å². The van der Waals surface area contributed by atoms with Gasteiger partial charge in [-0.3, -0.25) is 14.2 Å². The van der Waals surface area contributed by atoms with Gasteiger partial charge in [0, 0.05) is 6.42 Å².